The second kappa shape index (κ2) is 7.54. The van der Waals surface area contributed by atoms with E-state index in [1.165, 1.54) is 23.2 Å². The molecule has 0 heterocycles. The molecule has 0 aromatic heterocycles. The highest BCUT2D eigenvalue weighted by atomic mass is 15.1. The van der Waals surface area contributed by atoms with Crippen LogP contribution in [0.2, 0.25) is 0 Å². The fourth-order valence-corrected chi connectivity index (χ4v) is 2.37. The fourth-order valence-electron chi connectivity index (χ4n) is 2.37. The van der Waals surface area contributed by atoms with Crippen LogP contribution in [0.15, 0.2) is 18.2 Å². The Labute approximate surface area is 119 Å². The molecule has 0 aliphatic carbocycles. The van der Waals surface area contributed by atoms with E-state index in [4.69, 9.17) is 5.73 Å². The zero-order valence-corrected chi connectivity index (χ0v) is 13.2. The van der Waals surface area contributed by atoms with E-state index in [1.54, 1.807) is 0 Å². The highest BCUT2D eigenvalue weighted by molar-refractivity contribution is 5.54. The van der Waals surface area contributed by atoms with Crippen molar-refractivity contribution < 1.29 is 0 Å². The number of aryl methyl sites for hydroxylation is 1. The molecule has 0 aliphatic rings. The molecule has 2 heteroatoms. The minimum atomic E-state index is 0.262. The molecular weight excluding hydrogens is 232 g/mol. The minimum Gasteiger partial charge on any atom is -0.374 e. The Morgan fingerprint density at radius 3 is 2.47 bits per heavy atom. The maximum atomic E-state index is 6.13. The summed E-state index contributed by atoms with van der Waals surface area (Å²) in [6.07, 6.45) is 3.22. The summed E-state index contributed by atoms with van der Waals surface area (Å²) in [5.74, 6) is 0.721. The Hall–Kier alpha value is -1.02. The average Bonchev–Trinajstić information content (AvgIpc) is 2.38. The van der Waals surface area contributed by atoms with Gasteiger partial charge in [0.1, 0.15) is 0 Å². The van der Waals surface area contributed by atoms with Gasteiger partial charge in [0, 0.05) is 25.3 Å². The van der Waals surface area contributed by atoms with Crippen LogP contribution in [-0.4, -0.2) is 19.6 Å². The lowest BCUT2D eigenvalue weighted by atomic mass is 9.99. The summed E-state index contributed by atoms with van der Waals surface area (Å²) in [7, 11) is 2.19. The number of nitrogens with two attached hydrogens (primary N) is 1. The van der Waals surface area contributed by atoms with Gasteiger partial charge in [-0.2, -0.15) is 0 Å². The summed E-state index contributed by atoms with van der Waals surface area (Å²) in [6.45, 7) is 9.97. The van der Waals surface area contributed by atoms with Gasteiger partial charge in [0.15, 0.2) is 0 Å². The van der Waals surface area contributed by atoms with Crippen molar-refractivity contribution in [3.8, 4) is 0 Å². The van der Waals surface area contributed by atoms with Gasteiger partial charge in [-0.25, -0.2) is 0 Å². The van der Waals surface area contributed by atoms with Gasteiger partial charge in [0.05, 0.1) is 0 Å². The largest absolute Gasteiger partial charge is 0.374 e. The topological polar surface area (TPSA) is 29.3 Å². The van der Waals surface area contributed by atoms with Crippen LogP contribution in [0, 0.1) is 12.8 Å². The van der Waals surface area contributed by atoms with Crippen molar-refractivity contribution in [3.63, 3.8) is 0 Å². The van der Waals surface area contributed by atoms with Gasteiger partial charge in [-0.15, -0.1) is 0 Å². The second-order valence-electron chi connectivity index (χ2n) is 5.90. The van der Waals surface area contributed by atoms with Gasteiger partial charge < -0.3 is 10.6 Å². The lowest BCUT2D eigenvalue weighted by molar-refractivity contribution is 0.558. The van der Waals surface area contributed by atoms with E-state index in [1.807, 2.05) is 0 Å². The van der Waals surface area contributed by atoms with E-state index in [0.717, 1.165) is 25.3 Å². The molecule has 1 rings (SSSR count). The first-order valence-electron chi connectivity index (χ1n) is 7.54. The molecule has 2 unspecified atom stereocenters. The van der Waals surface area contributed by atoms with Gasteiger partial charge in [-0.1, -0.05) is 44.9 Å². The Morgan fingerprint density at radius 1 is 1.21 bits per heavy atom. The van der Waals surface area contributed by atoms with Gasteiger partial charge in [-0.05, 0) is 37.3 Å². The van der Waals surface area contributed by atoms with Crippen LogP contribution in [0.25, 0.3) is 0 Å². The Balaban J connectivity index is 2.92. The predicted octanol–water partition coefficient (Wildman–Crippen LogP) is 3.76. The van der Waals surface area contributed by atoms with Crippen LogP contribution in [0.1, 0.15) is 44.7 Å². The van der Waals surface area contributed by atoms with Gasteiger partial charge in [0.25, 0.3) is 0 Å². The number of rotatable bonds is 7. The summed E-state index contributed by atoms with van der Waals surface area (Å²) in [5, 5.41) is 0. The van der Waals surface area contributed by atoms with E-state index in [2.05, 4.69) is 57.8 Å². The van der Waals surface area contributed by atoms with E-state index in [-0.39, 0.29) is 6.04 Å². The first-order chi connectivity index (χ1) is 8.97. The average molecular weight is 262 g/mol. The smallest absolute Gasteiger partial charge is 0.0397 e. The molecule has 19 heavy (non-hydrogen) atoms. The second-order valence-corrected chi connectivity index (χ2v) is 5.90. The standard InChI is InChI=1S/C17H30N2/c1-6-13(3)12-19(5)17-9-8-14(4)10-15(17)11-16(18)7-2/h8-10,13,16H,6-7,11-12,18H2,1-5H3. The summed E-state index contributed by atoms with van der Waals surface area (Å²) in [5.41, 5.74) is 10.2. The molecule has 1 aromatic rings. The molecule has 0 saturated heterocycles. The third-order valence-electron chi connectivity index (χ3n) is 3.94. The number of hydrogen-bond acceptors (Lipinski definition) is 2. The fraction of sp³-hybridized carbons (Fsp3) is 0.647. The van der Waals surface area contributed by atoms with Crippen molar-refractivity contribution in [2.24, 2.45) is 11.7 Å². The van der Waals surface area contributed by atoms with Gasteiger partial charge >= 0.3 is 0 Å². The van der Waals surface area contributed by atoms with Crippen molar-refractivity contribution in [2.75, 3.05) is 18.5 Å². The van der Waals surface area contributed by atoms with Crippen LogP contribution in [0.4, 0.5) is 5.69 Å². The molecule has 2 N–H and O–H groups in total. The molecule has 0 fully saturated rings. The molecule has 108 valence electrons. The number of nitrogens with zero attached hydrogens (tertiary/aromatic N) is 1. The molecule has 0 radical (unpaired) electrons. The molecule has 0 amide bonds. The van der Waals surface area contributed by atoms with Crippen LogP contribution in [0.5, 0.6) is 0 Å². The van der Waals surface area contributed by atoms with Gasteiger partial charge in [-0.3, -0.25) is 0 Å². The summed E-state index contributed by atoms with van der Waals surface area (Å²) in [4.78, 5) is 2.38. The minimum absolute atomic E-state index is 0.262. The zero-order valence-electron chi connectivity index (χ0n) is 13.2. The lowest BCUT2D eigenvalue weighted by Gasteiger charge is -2.26. The Bertz CT molecular complexity index is 387. The van der Waals surface area contributed by atoms with Crippen LogP contribution < -0.4 is 10.6 Å². The molecule has 0 aliphatic heterocycles. The van der Waals surface area contributed by atoms with Crippen molar-refractivity contribution in [3.05, 3.63) is 29.3 Å². The summed E-state index contributed by atoms with van der Waals surface area (Å²) in [6, 6.07) is 6.99. The molecular formula is C17H30N2. The van der Waals surface area contributed by atoms with Crippen molar-refractivity contribution in [1.29, 1.82) is 0 Å². The zero-order chi connectivity index (χ0) is 14.4. The van der Waals surface area contributed by atoms with Crippen molar-refractivity contribution >= 4 is 5.69 Å². The molecule has 0 bridgehead atoms. The number of hydrogen-bond donors (Lipinski definition) is 1. The summed E-state index contributed by atoms with van der Waals surface area (Å²) >= 11 is 0. The summed E-state index contributed by atoms with van der Waals surface area (Å²) < 4.78 is 0. The third kappa shape index (κ3) is 4.87. The quantitative estimate of drug-likeness (QED) is 0.810. The van der Waals surface area contributed by atoms with Crippen molar-refractivity contribution in [2.45, 2.75) is 53.0 Å². The first kappa shape index (κ1) is 16.0. The molecule has 0 spiro atoms. The molecule has 2 nitrogen and oxygen atoms in total. The van der Waals surface area contributed by atoms with E-state index >= 15 is 0 Å². The maximum Gasteiger partial charge on any atom is 0.0397 e. The molecule has 1 aromatic carbocycles. The lowest BCUT2D eigenvalue weighted by Crippen LogP contribution is -2.27. The van der Waals surface area contributed by atoms with E-state index < -0.39 is 0 Å². The Morgan fingerprint density at radius 2 is 1.89 bits per heavy atom. The number of anilines is 1. The van der Waals surface area contributed by atoms with Crippen LogP contribution in [0.3, 0.4) is 0 Å². The molecule has 0 saturated carbocycles. The first-order valence-corrected chi connectivity index (χ1v) is 7.54. The third-order valence-corrected chi connectivity index (χ3v) is 3.94. The highest BCUT2D eigenvalue weighted by Gasteiger charge is 2.12. The monoisotopic (exact) mass is 262 g/mol. The van der Waals surface area contributed by atoms with E-state index in [0.29, 0.717) is 0 Å². The maximum absolute atomic E-state index is 6.13. The van der Waals surface area contributed by atoms with E-state index in [9.17, 15) is 0 Å². The van der Waals surface area contributed by atoms with Crippen LogP contribution in [-0.2, 0) is 6.42 Å². The van der Waals surface area contributed by atoms with Crippen molar-refractivity contribution in [1.82, 2.24) is 0 Å². The Kier molecular flexibility index (Phi) is 6.36. The SMILES string of the molecule is CCC(C)CN(C)c1ccc(C)cc1CC(N)CC. The predicted molar refractivity (Wildman–Crippen MR) is 85.9 cm³/mol. The highest BCUT2D eigenvalue weighted by Crippen LogP contribution is 2.24. The molecule has 2 atom stereocenters. The normalized spacial score (nSPS) is 14.2. The number of benzene rings is 1. The van der Waals surface area contributed by atoms with Crippen LogP contribution >= 0.6 is 0 Å². The van der Waals surface area contributed by atoms with Gasteiger partial charge in [0.2, 0.25) is 0 Å².